The molecule has 1 aliphatic heterocycles. The Labute approximate surface area is 215 Å². The molecule has 0 aliphatic carbocycles. The monoisotopic (exact) mass is 484 g/mol. The molecule has 0 amide bonds. The number of rotatable bonds is 4. The molecule has 0 atom stereocenters. The molecule has 7 rings (SSSR count). The molecule has 5 nitrogen and oxygen atoms in total. The van der Waals surface area contributed by atoms with Crippen LogP contribution in [0.5, 0.6) is 5.75 Å². The number of hydrogen-bond donors (Lipinski definition) is 1. The zero-order valence-corrected chi connectivity index (χ0v) is 20.8. The summed E-state index contributed by atoms with van der Waals surface area (Å²) < 4.78 is 8.20. The molecule has 37 heavy (non-hydrogen) atoms. The number of nitrogens with one attached hydrogen (secondary N) is 1. The van der Waals surface area contributed by atoms with Crippen molar-refractivity contribution in [3.63, 3.8) is 0 Å². The smallest absolute Gasteiger partial charge is 0.160 e. The Morgan fingerprint density at radius 3 is 2.41 bits per heavy atom. The number of aromatic nitrogens is 3. The third kappa shape index (κ3) is 3.66. The Hall–Kier alpha value is -4.22. The summed E-state index contributed by atoms with van der Waals surface area (Å²) in [5.41, 5.74) is 6.19. The third-order valence-corrected chi connectivity index (χ3v) is 7.71. The first-order valence-electron chi connectivity index (χ1n) is 12.9. The van der Waals surface area contributed by atoms with Gasteiger partial charge in [-0.25, -0.2) is 9.97 Å². The summed E-state index contributed by atoms with van der Waals surface area (Å²) in [4.78, 5) is 10.1. The van der Waals surface area contributed by atoms with Crippen molar-refractivity contribution in [2.75, 3.05) is 20.2 Å². The van der Waals surface area contributed by atoms with Crippen molar-refractivity contribution in [3.05, 3.63) is 91.4 Å². The Kier molecular flexibility index (Phi) is 5.37. The minimum absolute atomic E-state index is 0.404. The summed E-state index contributed by atoms with van der Waals surface area (Å²) in [5.74, 6) is 0.833. The van der Waals surface area contributed by atoms with E-state index < -0.39 is 0 Å². The van der Waals surface area contributed by atoms with E-state index in [9.17, 15) is 0 Å². The second-order valence-electron chi connectivity index (χ2n) is 9.78. The second kappa shape index (κ2) is 9.02. The highest BCUT2D eigenvalue weighted by Gasteiger charge is 2.24. The van der Waals surface area contributed by atoms with Gasteiger partial charge in [0.05, 0.1) is 13.4 Å². The van der Waals surface area contributed by atoms with Crippen molar-refractivity contribution in [1.82, 2.24) is 19.9 Å². The number of imidazole rings is 1. The molecule has 0 saturated carbocycles. The van der Waals surface area contributed by atoms with E-state index in [1.54, 1.807) is 7.11 Å². The van der Waals surface area contributed by atoms with E-state index in [4.69, 9.17) is 14.7 Å². The van der Waals surface area contributed by atoms with Gasteiger partial charge in [-0.05, 0) is 65.2 Å². The quantitative estimate of drug-likeness (QED) is 0.293. The number of ether oxygens (including phenoxy) is 1. The minimum Gasteiger partial charge on any atom is -0.496 e. The number of piperidine rings is 1. The SMILES string of the molecule is COc1ccc2ccccc2c1-c1cnc2c(ncn2C2CCNCC2)c1-c1ccc2ccccc2c1. The summed E-state index contributed by atoms with van der Waals surface area (Å²) in [5, 5.41) is 8.21. The number of benzene rings is 4. The number of pyridine rings is 1. The zero-order chi connectivity index (χ0) is 24.8. The molecule has 0 bridgehead atoms. The molecule has 1 saturated heterocycles. The fraction of sp³-hybridized carbons (Fsp3) is 0.188. The van der Waals surface area contributed by atoms with Crippen molar-refractivity contribution in [1.29, 1.82) is 0 Å². The van der Waals surface area contributed by atoms with Gasteiger partial charge in [-0.15, -0.1) is 0 Å². The fourth-order valence-corrected chi connectivity index (χ4v) is 5.85. The van der Waals surface area contributed by atoms with Gasteiger partial charge < -0.3 is 14.6 Å². The van der Waals surface area contributed by atoms with Gasteiger partial charge in [-0.1, -0.05) is 66.7 Å². The first kappa shape index (κ1) is 22.0. The van der Waals surface area contributed by atoms with E-state index in [1.165, 1.54) is 16.2 Å². The zero-order valence-electron chi connectivity index (χ0n) is 20.8. The first-order chi connectivity index (χ1) is 18.3. The van der Waals surface area contributed by atoms with Crippen LogP contribution in [0.3, 0.4) is 0 Å². The Bertz CT molecular complexity index is 1760. The second-order valence-corrected chi connectivity index (χ2v) is 9.78. The van der Waals surface area contributed by atoms with Crippen molar-refractivity contribution in [2.24, 2.45) is 0 Å². The van der Waals surface area contributed by atoms with Gasteiger partial charge >= 0.3 is 0 Å². The van der Waals surface area contributed by atoms with Crippen LogP contribution in [0.4, 0.5) is 0 Å². The maximum absolute atomic E-state index is 5.92. The maximum atomic E-state index is 5.92. The Balaban J connectivity index is 1.55. The van der Waals surface area contributed by atoms with Crippen LogP contribution in [0.25, 0.3) is 55.0 Å². The normalized spacial score (nSPS) is 14.5. The van der Waals surface area contributed by atoms with Gasteiger partial charge in [0.15, 0.2) is 5.65 Å². The fourth-order valence-electron chi connectivity index (χ4n) is 5.85. The molecule has 1 N–H and O–H groups in total. The van der Waals surface area contributed by atoms with Crippen molar-refractivity contribution < 1.29 is 4.74 Å². The summed E-state index contributed by atoms with van der Waals surface area (Å²) in [6.07, 6.45) is 6.17. The van der Waals surface area contributed by atoms with E-state index in [0.29, 0.717) is 6.04 Å². The maximum Gasteiger partial charge on any atom is 0.160 e. The van der Waals surface area contributed by atoms with Crippen LogP contribution in [0, 0.1) is 0 Å². The lowest BCUT2D eigenvalue weighted by Crippen LogP contribution is -2.29. The van der Waals surface area contributed by atoms with E-state index in [0.717, 1.165) is 70.5 Å². The highest BCUT2D eigenvalue weighted by molar-refractivity contribution is 6.08. The van der Waals surface area contributed by atoms with Crippen molar-refractivity contribution in [3.8, 4) is 28.0 Å². The lowest BCUT2D eigenvalue weighted by atomic mass is 9.90. The predicted molar refractivity (Wildman–Crippen MR) is 151 cm³/mol. The van der Waals surface area contributed by atoms with Gasteiger partial charge in [0, 0.05) is 28.9 Å². The van der Waals surface area contributed by atoms with Gasteiger partial charge in [0.2, 0.25) is 0 Å². The molecule has 2 aromatic heterocycles. The average molecular weight is 485 g/mol. The highest BCUT2D eigenvalue weighted by atomic mass is 16.5. The molecule has 0 spiro atoms. The molecule has 5 heteroatoms. The number of fused-ring (bicyclic) bond motifs is 3. The Morgan fingerprint density at radius 2 is 1.57 bits per heavy atom. The van der Waals surface area contributed by atoms with Gasteiger partial charge in [0.25, 0.3) is 0 Å². The molecular weight excluding hydrogens is 456 g/mol. The largest absolute Gasteiger partial charge is 0.496 e. The third-order valence-electron chi connectivity index (χ3n) is 7.71. The van der Waals surface area contributed by atoms with Gasteiger partial charge in [-0.2, -0.15) is 0 Å². The van der Waals surface area contributed by atoms with E-state index in [-0.39, 0.29) is 0 Å². The van der Waals surface area contributed by atoms with E-state index in [1.807, 2.05) is 12.5 Å². The van der Waals surface area contributed by atoms with Crippen LogP contribution in [0.15, 0.2) is 91.4 Å². The molecule has 1 fully saturated rings. The van der Waals surface area contributed by atoms with Crippen LogP contribution < -0.4 is 10.1 Å². The molecule has 6 aromatic rings. The number of nitrogens with zero attached hydrogens (tertiary/aromatic N) is 3. The lowest BCUT2D eigenvalue weighted by Gasteiger charge is -2.24. The predicted octanol–water partition coefficient (Wildman–Crippen LogP) is 7.00. The molecule has 0 radical (unpaired) electrons. The molecular formula is C32H28N4O. The van der Waals surface area contributed by atoms with Crippen molar-refractivity contribution in [2.45, 2.75) is 18.9 Å². The first-order valence-corrected chi connectivity index (χ1v) is 12.9. The summed E-state index contributed by atoms with van der Waals surface area (Å²) in [6.45, 7) is 2.04. The molecule has 182 valence electrons. The van der Waals surface area contributed by atoms with Crippen LogP contribution in [-0.4, -0.2) is 34.7 Å². The molecule has 0 unspecified atom stereocenters. The van der Waals surface area contributed by atoms with E-state index >= 15 is 0 Å². The van der Waals surface area contributed by atoms with Crippen LogP contribution >= 0.6 is 0 Å². The van der Waals surface area contributed by atoms with Crippen LogP contribution in [0.2, 0.25) is 0 Å². The topological polar surface area (TPSA) is 52.0 Å². The molecule has 3 heterocycles. The number of methoxy groups -OCH3 is 1. The standard InChI is InChI=1S/C32H28N4O/c1-37-28-13-12-22-7-4-5-9-26(22)30(28)27-19-34-32-31(35-20-36(32)25-14-16-33-17-15-25)29(27)24-11-10-21-6-2-3-8-23(21)18-24/h2-13,18-20,25,33H,14-17H2,1H3. The lowest BCUT2D eigenvalue weighted by molar-refractivity contribution is 0.373. The summed E-state index contributed by atoms with van der Waals surface area (Å²) in [7, 11) is 1.74. The van der Waals surface area contributed by atoms with Crippen molar-refractivity contribution >= 4 is 32.7 Å². The van der Waals surface area contributed by atoms with Gasteiger partial charge in [0.1, 0.15) is 11.3 Å². The van der Waals surface area contributed by atoms with Gasteiger partial charge in [-0.3, -0.25) is 0 Å². The molecule has 1 aliphatic rings. The van der Waals surface area contributed by atoms with E-state index in [2.05, 4.69) is 88.7 Å². The Morgan fingerprint density at radius 1 is 0.811 bits per heavy atom. The average Bonchev–Trinajstić information content (AvgIpc) is 3.40. The minimum atomic E-state index is 0.404. The highest BCUT2D eigenvalue weighted by Crippen LogP contribution is 2.44. The number of hydrogen-bond acceptors (Lipinski definition) is 4. The molecule has 4 aromatic carbocycles. The summed E-state index contributed by atoms with van der Waals surface area (Å²) >= 11 is 0. The summed E-state index contributed by atoms with van der Waals surface area (Å²) in [6, 6.07) is 28.2. The van der Waals surface area contributed by atoms with Crippen LogP contribution in [0.1, 0.15) is 18.9 Å². The van der Waals surface area contributed by atoms with Crippen LogP contribution in [-0.2, 0) is 0 Å².